The van der Waals surface area contributed by atoms with Crippen molar-refractivity contribution in [3.63, 3.8) is 0 Å². The number of aromatic amines is 1. The molecule has 3 rings (SSSR count). The van der Waals surface area contributed by atoms with Gasteiger partial charge in [0.1, 0.15) is 16.5 Å². The number of halogens is 4. The van der Waals surface area contributed by atoms with Crippen LogP contribution in [0.1, 0.15) is 37.5 Å². The summed E-state index contributed by atoms with van der Waals surface area (Å²) in [6, 6.07) is 3.52. The Morgan fingerprint density at radius 3 is 2.67 bits per heavy atom. The average molecular weight is 442 g/mol. The first kappa shape index (κ1) is 21.9. The summed E-state index contributed by atoms with van der Waals surface area (Å²) in [5, 5.41) is 12.4. The molecular formula is C19H18F4N4O2S. The molecule has 2 aromatic heterocycles. The molecule has 0 radical (unpaired) electrons. The quantitative estimate of drug-likeness (QED) is 0.439. The van der Waals surface area contributed by atoms with E-state index >= 15 is 0 Å². The number of amides is 1. The van der Waals surface area contributed by atoms with Crippen LogP contribution in [0.4, 0.5) is 17.6 Å². The van der Waals surface area contributed by atoms with Gasteiger partial charge in [-0.3, -0.25) is 4.79 Å². The maximum absolute atomic E-state index is 13.9. The molecular weight excluding hydrogens is 424 g/mol. The lowest BCUT2D eigenvalue weighted by molar-refractivity contribution is -0.139. The summed E-state index contributed by atoms with van der Waals surface area (Å²) >= 11 is 1.21. The fraction of sp³-hybridized carbons (Fsp3) is 0.263. The molecule has 11 heteroatoms. The molecule has 0 fully saturated rings. The predicted octanol–water partition coefficient (Wildman–Crippen LogP) is 3.53. The molecule has 0 aliphatic heterocycles. The number of hydrogen-bond donors (Lipinski definition) is 4. The number of thiazole rings is 1. The molecule has 160 valence electrons. The smallest absolute Gasteiger partial charge is 0.391 e. The fourth-order valence-electron chi connectivity index (χ4n) is 2.87. The Labute approximate surface area is 172 Å². The van der Waals surface area contributed by atoms with Crippen LogP contribution < -0.4 is 11.1 Å². The lowest BCUT2D eigenvalue weighted by Crippen LogP contribution is -2.33. The Bertz CT molecular complexity index is 1060. The Balaban J connectivity index is 1.83. The van der Waals surface area contributed by atoms with Crippen LogP contribution in [0.3, 0.4) is 0 Å². The third-order valence-electron chi connectivity index (χ3n) is 4.39. The number of nitrogens with one attached hydrogen (secondary N) is 2. The highest BCUT2D eigenvalue weighted by Gasteiger charge is 2.34. The van der Waals surface area contributed by atoms with E-state index in [0.29, 0.717) is 27.2 Å². The predicted molar refractivity (Wildman–Crippen MR) is 103 cm³/mol. The van der Waals surface area contributed by atoms with Crippen molar-refractivity contribution in [2.75, 3.05) is 6.54 Å². The topological polar surface area (TPSA) is 104 Å². The molecule has 6 nitrogen and oxygen atoms in total. The molecule has 30 heavy (non-hydrogen) atoms. The zero-order valence-electron chi connectivity index (χ0n) is 15.7. The number of nitrogens with zero attached hydrogens (tertiary/aromatic N) is 1. The van der Waals surface area contributed by atoms with Crippen molar-refractivity contribution in [1.82, 2.24) is 15.3 Å². The summed E-state index contributed by atoms with van der Waals surface area (Å²) in [5.74, 6) is -1.90. The van der Waals surface area contributed by atoms with E-state index in [9.17, 15) is 22.4 Å². The van der Waals surface area contributed by atoms with E-state index in [1.54, 1.807) is 13.0 Å². The first-order chi connectivity index (χ1) is 14.1. The average Bonchev–Trinajstić information content (AvgIpc) is 3.31. The molecule has 0 saturated heterocycles. The van der Waals surface area contributed by atoms with E-state index in [1.165, 1.54) is 17.5 Å². The monoisotopic (exact) mass is 442 g/mol. The maximum atomic E-state index is 13.9. The molecule has 1 aromatic carbocycles. The van der Waals surface area contributed by atoms with E-state index in [4.69, 9.17) is 10.8 Å². The van der Waals surface area contributed by atoms with Gasteiger partial charge < -0.3 is 21.1 Å². The summed E-state index contributed by atoms with van der Waals surface area (Å²) in [5.41, 5.74) is 5.53. The van der Waals surface area contributed by atoms with Gasteiger partial charge in [-0.15, -0.1) is 11.3 Å². The Hall–Kier alpha value is -2.76. The van der Waals surface area contributed by atoms with Gasteiger partial charge in [-0.1, -0.05) is 6.07 Å². The Kier molecular flexibility index (Phi) is 6.25. The standard InChI is InChI=1S/C19H18F4N4O2S/c1-9-4-14(10-2-3-12(13(20)5-10)19(21,22)23)26-16(9)17(29)27-15(6-24)18-25-7-11(8-28)30-18/h2-5,7,15,26,28H,6,8,24H2,1H3,(H,27,29). The minimum atomic E-state index is -4.79. The van der Waals surface area contributed by atoms with Gasteiger partial charge in [0, 0.05) is 24.0 Å². The van der Waals surface area contributed by atoms with Gasteiger partial charge in [0.05, 0.1) is 23.1 Å². The summed E-state index contributed by atoms with van der Waals surface area (Å²) in [6.07, 6.45) is -3.30. The summed E-state index contributed by atoms with van der Waals surface area (Å²) in [6.45, 7) is 1.53. The molecule has 0 saturated carbocycles. The second-order valence-corrected chi connectivity index (χ2v) is 7.66. The second-order valence-electron chi connectivity index (χ2n) is 6.52. The molecule has 0 bridgehead atoms. The van der Waals surface area contributed by atoms with Gasteiger partial charge in [-0.25, -0.2) is 9.37 Å². The fourth-order valence-corrected chi connectivity index (χ4v) is 3.71. The molecule has 1 unspecified atom stereocenters. The van der Waals surface area contributed by atoms with Crippen LogP contribution in [0.5, 0.6) is 0 Å². The highest BCUT2D eigenvalue weighted by Crippen LogP contribution is 2.33. The summed E-state index contributed by atoms with van der Waals surface area (Å²) < 4.78 is 52.1. The number of aromatic nitrogens is 2. The number of benzene rings is 1. The van der Waals surface area contributed by atoms with Crippen molar-refractivity contribution in [1.29, 1.82) is 0 Å². The van der Waals surface area contributed by atoms with E-state index in [-0.39, 0.29) is 24.4 Å². The number of carbonyl (C=O) groups excluding carboxylic acids is 1. The molecule has 0 aliphatic rings. The molecule has 1 atom stereocenters. The van der Waals surface area contributed by atoms with Gasteiger partial charge in [0.25, 0.3) is 5.91 Å². The van der Waals surface area contributed by atoms with Gasteiger partial charge in [0.15, 0.2) is 0 Å². The second kappa shape index (κ2) is 8.54. The Morgan fingerprint density at radius 2 is 2.10 bits per heavy atom. The van der Waals surface area contributed by atoms with Crippen LogP contribution >= 0.6 is 11.3 Å². The van der Waals surface area contributed by atoms with E-state index in [2.05, 4.69) is 15.3 Å². The van der Waals surface area contributed by atoms with Crippen LogP contribution in [-0.2, 0) is 12.8 Å². The third-order valence-corrected chi connectivity index (χ3v) is 5.49. The number of carbonyl (C=O) groups is 1. The number of alkyl halides is 3. The maximum Gasteiger partial charge on any atom is 0.419 e. The number of hydrogen-bond acceptors (Lipinski definition) is 5. The highest BCUT2D eigenvalue weighted by molar-refractivity contribution is 7.11. The van der Waals surface area contributed by atoms with Crippen LogP contribution in [-0.4, -0.2) is 27.5 Å². The molecule has 0 spiro atoms. The third kappa shape index (κ3) is 4.53. The SMILES string of the molecule is Cc1cc(-c2ccc(C(F)(F)F)c(F)c2)[nH]c1C(=O)NC(CN)c1ncc(CO)s1. The normalized spacial score (nSPS) is 12.8. The van der Waals surface area contributed by atoms with E-state index in [0.717, 1.165) is 12.1 Å². The zero-order chi connectivity index (χ0) is 22.1. The number of nitrogens with two attached hydrogens (primary N) is 1. The number of aliphatic hydroxyl groups excluding tert-OH is 1. The highest BCUT2D eigenvalue weighted by atomic mass is 32.1. The van der Waals surface area contributed by atoms with Crippen LogP contribution in [0.25, 0.3) is 11.3 Å². The van der Waals surface area contributed by atoms with Crippen molar-refractivity contribution < 1.29 is 27.5 Å². The zero-order valence-corrected chi connectivity index (χ0v) is 16.5. The van der Waals surface area contributed by atoms with Crippen molar-refractivity contribution in [2.24, 2.45) is 5.73 Å². The van der Waals surface area contributed by atoms with Gasteiger partial charge >= 0.3 is 6.18 Å². The number of rotatable bonds is 6. The minimum Gasteiger partial charge on any atom is -0.391 e. The number of H-pyrrole nitrogens is 1. The summed E-state index contributed by atoms with van der Waals surface area (Å²) in [4.78, 5) is 20.3. The van der Waals surface area contributed by atoms with Crippen LogP contribution in [0.2, 0.25) is 0 Å². The minimum absolute atomic E-state index is 0.0703. The van der Waals surface area contributed by atoms with Crippen LogP contribution in [0, 0.1) is 12.7 Å². The van der Waals surface area contributed by atoms with Crippen molar-refractivity contribution in [3.05, 3.63) is 63.0 Å². The van der Waals surface area contributed by atoms with Gasteiger partial charge in [-0.05, 0) is 30.7 Å². The number of aryl methyl sites for hydroxylation is 1. The molecule has 2 heterocycles. The van der Waals surface area contributed by atoms with Gasteiger partial charge in [0.2, 0.25) is 0 Å². The van der Waals surface area contributed by atoms with Crippen LogP contribution in [0.15, 0.2) is 30.5 Å². The first-order valence-electron chi connectivity index (χ1n) is 8.77. The van der Waals surface area contributed by atoms with Crippen molar-refractivity contribution in [2.45, 2.75) is 25.7 Å². The number of aliphatic hydroxyl groups is 1. The first-order valence-corrected chi connectivity index (χ1v) is 9.58. The van der Waals surface area contributed by atoms with E-state index in [1.807, 2.05) is 0 Å². The Morgan fingerprint density at radius 1 is 1.37 bits per heavy atom. The lowest BCUT2D eigenvalue weighted by Gasteiger charge is -2.14. The summed E-state index contributed by atoms with van der Waals surface area (Å²) in [7, 11) is 0. The van der Waals surface area contributed by atoms with Crippen molar-refractivity contribution in [3.8, 4) is 11.3 Å². The molecule has 5 N–H and O–H groups in total. The van der Waals surface area contributed by atoms with E-state index < -0.39 is 29.5 Å². The van der Waals surface area contributed by atoms with Gasteiger partial charge in [-0.2, -0.15) is 13.2 Å². The van der Waals surface area contributed by atoms with Crippen molar-refractivity contribution >= 4 is 17.2 Å². The molecule has 3 aromatic rings. The molecule has 1 amide bonds. The largest absolute Gasteiger partial charge is 0.419 e. The molecule has 0 aliphatic carbocycles. The lowest BCUT2D eigenvalue weighted by atomic mass is 10.1.